The van der Waals surface area contributed by atoms with E-state index in [4.69, 9.17) is 9.47 Å². The van der Waals surface area contributed by atoms with Crippen LogP contribution >= 0.6 is 0 Å². The third-order valence-electron chi connectivity index (χ3n) is 3.24. The minimum absolute atomic E-state index is 0.0224. The Morgan fingerprint density at radius 2 is 1.79 bits per heavy atom. The Morgan fingerprint density at radius 3 is 2.42 bits per heavy atom. The Kier molecular flexibility index (Phi) is 8.51. The molecule has 8 nitrogen and oxygen atoms in total. The summed E-state index contributed by atoms with van der Waals surface area (Å²) >= 11 is 0. The normalized spacial score (nSPS) is 11.1. The van der Waals surface area contributed by atoms with E-state index in [1.165, 1.54) is 32.4 Å². The van der Waals surface area contributed by atoms with Crippen molar-refractivity contribution >= 4 is 15.9 Å². The maximum atomic E-state index is 12.2. The fourth-order valence-corrected chi connectivity index (χ4v) is 2.99. The number of amides is 1. The lowest BCUT2D eigenvalue weighted by Crippen LogP contribution is -2.31. The van der Waals surface area contributed by atoms with E-state index >= 15 is 0 Å². The van der Waals surface area contributed by atoms with E-state index in [1.807, 2.05) is 7.05 Å². The van der Waals surface area contributed by atoms with Crippen LogP contribution in [0.4, 0.5) is 0 Å². The van der Waals surface area contributed by atoms with Gasteiger partial charge in [-0.25, -0.2) is 13.1 Å². The number of carbonyl (C=O) groups excluding carboxylic acids is 1. The summed E-state index contributed by atoms with van der Waals surface area (Å²) in [4.78, 5) is 11.7. The molecule has 3 N–H and O–H groups in total. The lowest BCUT2D eigenvalue weighted by Gasteiger charge is -2.11. The van der Waals surface area contributed by atoms with Gasteiger partial charge in [0.15, 0.2) is 11.5 Å². The van der Waals surface area contributed by atoms with E-state index < -0.39 is 10.0 Å². The fraction of sp³-hybridized carbons (Fsp3) is 0.533. The van der Waals surface area contributed by atoms with Crippen LogP contribution in [0.2, 0.25) is 0 Å². The van der Waals surface area contributed by atoms with Gasteiger partial charge in [-0.2, -0.15) is 0 Å². The maximum Gasteiger partial charge on any atom is 0.240 e. The summed E-state index contributed by atoms with van der Waals surface area (Å²) in [5.41, 5.74) is 0. The van der Waals surface area contributed by atoms with Gasteiger partial charge in [0.2, 0.25) is 15.9 Å². The quantitative estimate of drug-likeness (QED) is 0.484. The van der Waals surface area contributed by atoms with E-state index in [1.54, 1.807) is 0 Å². The van der Waals surface area contributed by atoms with Crippen molar-refractivity contribution in [1.29, 1.82) is 0 Å². The summed E-state index contributed by atoms with van der Waals surface area (Å²) in [6, 6.07) is 4.31. The predicted molar refractivity (Wildman–Crippen MR) is 90.9 cm³/mol. The fourth-order valence-electron chi connectivity index (χ4n) is 1.95. The van der Waals surface area contributed by atoms with Crippen molar-refractivity contribution in [2.24, 2.45) is 0 Å². The van der Waals surface area contributed by atoms with Gasteiger partial charge in [0.25, 0.3) is 0 Å². The summed E-state index contributed by atoms with van der Waals surface area (Å²) in [7, 11) is 1.02. The molecule has 0 radical (unpaired) electrons. The molecule has 0 heterocycles. The van der Waals surface area contributed by atoms with Gasteiger partial charge >= 0.3 is 0 Å². The third kappa shape index (κ3) is 6.34. The topological polar surface area (TPSA) is 106 Å². The second-order valence-corrected chi connectivity index (χ2v) is 6.74. The molecule has 1 aromatic rings. The molecule has 1 amide bonds. The van der Waals surface area contributed by atoms with E-state index in [-0.39, 0.29) is 23.8 Å². The van der Waals surface area contributed by atoms with Crippen molar-refractivity contribution < 1.29 is 22.7 Å². The number of rotatable bonds is 11. The van der Waals surface area contributed by atoms with Gasteiger partial charge in [-0.15, -0.1) is 0 Å². The highest BCUT2D eigenvalue weighted by molar-refractivity contribution is 7.89. The number of carbonyl (C=O) groups is 1. The first-order valence-corrected chi connectivity index (χ1v) is 9.06. The highest BCUT2D eigenvalue weighted by Crippen LogP contribution is 2.29. The van der Waals surface area contributed by atoms with Gasteiger partial charge in [0.05, 0.1) is 19.1 Å². The number of hydrogen-bond donors (Lipinski definition) is 3. The van der Waals surface area contributed by atoms with Gasteiger partial charge in [0, 0.05) is 25.6 Å². The highest BCUT2D eigenvalue weighted by atomic mass is 32.2. The number of benzene rings is 1. The largest absolute Gasteiger partial charge is 0.493 e. The Balaban J connectivity index is 2.53. The average molecular weight is 359 g/mol. The standard InChI is InChI=1S/C15H25N3O5S/c1-16-8-4-9-17-15(19)7-10-18-24(20,21)12-5-6-13(22-2)14(11-12)23-3/h5-6,11,16,18H,4,7-10H2,1-3H3,(H,17,19). The molecular formula is C15H25N3O5S. The van der Waals surface area contributed by atoms with Crippen LogP contribution in [0.5, 0.6) is 11.5 Å². The summed E-state index contributed by atoms with van der Waals surface area (Å²) in [6.07, 6.45) is 0.895. The Morgan fingerprint density at radius 1 is 1.08 bits per heavy atom. The Bertz CT molecular complexity index is 634. The molecule has 136 valence electrons. The van der Waals surface area contributed by atoms with Crippen LogP contribution in [0, 0.1) is 0 Å². The van der Waals surface area contributed by atoms with Crippen molar-refractivity contribution in [3.05, 3.63) is 18.2 Å². The lowest BCUT2D eigenvalue weighted by molar-refractivity contribution is -0.120. The summed E-state index contributed by atoms with van der Waals surface area (Å²) in [5.74, 6) is 0.571. The number of methoxy groups -OCH3 is 2. The van der Waals surface area contributed by atoms with Gasteiger partial charge in [0.1, 0.15) is 0 Å². The molecule has 0 unspecified atom stereocenters. The molecule has 0 saturated heterocycles. The molecule has 0 aromatic heterocycles. The summed E-state index contributed by atoms with van der Waals surface area (Å²) < 4.78 is 37.0. The van der Waals surface area contributed by atoms with Crippen LogP contribution < -0.4 is 24.8 Å². The number of sulfonamides is 1. The van der Waals surface area contributed by atoms with Crippen LogP contribution in [0.25, 0.3) is 0 Å². The van der Waals surface area contributed by atoms with Crippen LogP contribution in [-0.2, 0) is 14.8 Å². The molecule has 0 atom stereocenters. The molecule has 1 rings (SSSR count). The maximum absolute atomic E-state index is 12.2. The molecule has 1 aromatic carbocycles. The van der Waals surface area contributed by atoms with E-state index in [2.05, 4.69) is 15.4 Å². The smallest absolute Gasteiger partial charge is 0.240 e. The monoisotopic (exact) mass is 359 g/mol. The molecule has 0 saturated carbocycles. The first-order chi connectivity index (χ1) is 11.4. The van der Waals surface area contributed by atoms with E-state index in [0.717, 1.165) is 13.0 Å². The zero-order valence-electron chi connectivity index (χ0n) is 14.2. The molecule has 0 spiro atoms. The minimum Gasteiger partial charge on any atom is -0.493 e. The van der Waals surface area contributed by atoms with Crippen molar-refractivity contribution in [3.63, 3.8) is 0 Å². The van der Waals surface area contributed by atoms with Crippen LogP contribution in [-0.4, -0.2) is 55.2 Å². The van der Waals surface area contributed by atoms with Gasteiger partial charge in [-0.05, 0) is 32.1 Å². The number of nitrogens with one attached hydrogen (secondary N) is 3. The van der Waals surface area contributed by atoms with Crippen LogP contribution in [0.1, 0.15) is 12.8 Å². The van der Waals surface area contributed by atoms with Gasteiger partial charge in [-0.1, -0.05) is 0 Å². The zero-order chi connectivity index (χ0) is 18.0. The van der Waals surface area contributed by atoms with Crippen molar-refractivity contribution in [3.8, 4) is 11.5 Å². The molecule has 0 bridgehead atoms. The second-order valence-electron chi connectivity index (χ2n) is 4.97. The van der Waals surface area contributed by atoms with E-state index in [0.29, 0.717) is 18.0 Å². The van der Waals surface area contributed by atoms with Crippen molar-refractivity contribution in [1.82, 2.24) is 15.4 Å². The van der Waals surface area contributed by atoms with E-state index in [9.17, 15) is 13.2 Å². The summed E-state index contributed by atoms with van der Waals surface area (Å²) in [5, 5.41) is 5.70. The third-order valence-corrected chi connectivity index (χ3v) is 4.69. The predicted octanol–water partition coefficient (Wildman–Crippen LogP) is 0.0979. The SMILES string of the molecule is CNCCCNC(=O)CCNS(=O)(=O)c1ccc(OC)c(OC)c1. The lowest BCUT2D eigenvalue weighted by atomic mass is 10.3. The zero-order valence-corrected chi connectivity index (χ0v) is 15.0. The number of ether oxygens (including phenoxy) is 2. The minimum atomic E-state index is -3.72. The molecule has 0 aliphatic carbocycles. The Labute approximate surface area is 143 Å². The summed E-state index contributed by atoms with van der Waals surface area (Å²) in [6.45, 7) is 1.39. The average Bonchev–Trinajstić information content (AvgIpc) is 2.57. The molecule has 0 fully saturated rings. The molecule has 24 heavy (non-hydrogen) atoms. The highest BCUT2D eigenvalue weighted by Gasteiger charge is 2.17. The van der Waals surface area contributed by atoms with Crippen molar-refractivity contribution in [2.75, 3.05) is 40.9 Å². The second kappa shape index (κ2) is 10.1. The molecular weight excluding hydrogens is 334 g/mol. The first kappa shape index (κ1) is 20.2. The van der Waals surface area contributed by atoms with Crippen LogP contribution in [0.3, 0.4) is 0 Å². The van der Waals surface area contributed by atoms with Crippen molar-refractivity contribution in [2.45, 2.75) is 17.7 Å². The van der Waals surface area contributed by atoms with Crippen LogP contribution in [0.15, 0.2) is 23.1 Å². The molecule has 9 heteroatoms. The number of hydrogen-bond acceptors (Lipinski definition) is 6. The molecule has 0 aliphatic heterocycles. The van der Waals surface area contributed by atoms with Gasteiger partial charge in [-0.3, -0.25) is 4.79 Å². The Hall–Kier alpha value is -1.84. The molecule has 0 aliphatic rings. The first-order valence-electron chi connectivity index (χ1n) is 7.57. The van der Waals surface area contributed by atoms with Gasteiger partial charge < -0.3 is 20.1 Å².